The molecule has 2 atom stereocenters. The van der Waals surface area contributed by atoms with Gasteiger partial charge in [-0.25, -0.2) is 12.8 Å². The van der Waals surface area contributed by atoms with Gasteiger partial charge in [-0.05, 0) is 42.7 Å². The van der Waals surface area contributed by atoms with Gasteiger partial charge in [-0.15, -0.1) is 0 Å². The normalized spacial score (nSPS) is 16.6. The van der Waals surface area contributed by atoms with E-state index in [1.807, 2.05) is 31.2 Å². The van der Waals surface area contributed by atoms with Crippen LogP contribution in [0.5, 0.6) is 0 Å². The first kappa shape index (κ1) is 24.2. The lowest BCUT2D eigenvalue weighted by Gasteiger charge is -2.29. The number of ether oxygens (including phenoxy) is 1. The number of hydrogen-bond acceptors (Lipinski definition) is 5. The number of morpholine rings is 1. The fraction of sp³-hybridized carbons (Fsp3) is 0.435. The summed E-state index contributed by atoms with van der Waals surface area (Å²) < 4.78 is 47.1. The Bertz CT molecular complexity index is 1020. The Kier molecular flexibility index (Phi) is 7.86. The summed E-state index contributed by atoms with van der Waals surface area (Å²) in [6.07, 6.45) is 0. The Balaban J connectivity index is 1.68. The van der Waals surface area contributed by atoms with Crippen molar-refractivity contribution in [3.63, 3.8) is 0 Å². The average molecular weight is 464 g/mol. The van der Waals surface area contributed by atoms with E-state index in [4.69, 9.17) is 4.74 Å². The third kappa shape index (κ3) is 5.85. The van der Waals surface area contributed by atoms with Gasteiger partial charge in [0.25, 0.3) is 0 Å². The average Bonchev–Trinajstić information content (AvgIpc) is 2.78. The molecule has 9 heteroatoms. The largest absolute Gasteiger partial charge is 0.378 e. The van der Waals surface area contributed by atoms with Gasteiger partial charge >= 0.3 is 0 Å². The molecule has 0 bridgehead atoms. The predicted octanol–water partition coefficient (Wildman–Crippen LogP) is 2.84. The number of amides is 1. The maximum atomic E-state index is 14.0. The summed E-state index contributed by atoms with van der Waals surface area (Å²) in [6, 6.07) is 11.6. The molecule has 0 spiro atoms. The lowest BCUT2D eigenvalue weighted by molar-refractivity contribution is -0.124. The van der Waals surface area contributed by atoms with Crippen LogP contribution in [0.15, 0.2) is 53.4 Å². The molecular weight excluding hydrogens is 433 g/mol. The van der Waals surface area contributed by atoms with E-state index in [0.29, 0.717) is 13.2 Å². The van der Waals surface area contributed by atoms with Crippen molar-refractivity contribution in [1.29, 1.82) is 0 Å². The zero-order valence-electron chi connectivity index (χ0n) is 18.5. The van der Waals surface area contributed by atoms with E-state index < -0.39 is 32.7 Å². The minimum absolute atomic E-state index is 0.333. The zero-order chi connectivity index (χ0) is 23.3. The maximum Gasteiger partial charge on any atom is 0.244 e. The van der Waals surface area contributed by atoms with E-state index in [1.165, 1.54) is 18.2 Å². The number of carbonyl (C=O) groups excluding carboxylic acids is 1. The van der Waals surface area contributed by atoms with Gasteiger partial charge < -0.3 is 15.0 Å². The van der Waals surface area contributed by atoms with E-state index in [2.05, 4.69) is 14.9 Å². The predicted molar refractivity (Wildman–Crippen MR) is 121 cm³/mol. The number of carbonyl (C=O) groups is 1. The van der Waals surface area contributed by atoms with Gasteiger partial charge in [-0.1, -0.05) is 38.1 Å². The van der Waals surface area contributed by atoms with Crippen molar-refractivity contribution in [3.8, 4) is 0 Å². The van der Waals surface area contributed by atoms with Crippen LogP contribution in [-0.2, 0) is 19.6 Å². The number of sulfonamides is 1. The fourth-order valence-corrected chi connectivity index (χ4v) is 4.99. The molecule has 0 saturated carbocycles. The maximum absolute atomic E-state index is 14.0. The van der Waals surface area contributed by atoms with E-state index >= 15 is 0 Å². The van der Waals surface area contributed by atoms with Gasteiger partial charge in [0, 0.05) is 18.8 Å². The van der Waals surface area contributed by atoms with Crippen LogP contribution >= 0.6 is 0 Å². The third-order valence-electron chi connectivity index (χ3n) is 5.49. The first-order valence-electron chi connectivity index (χ1n) is 10.7. The second-order valence-electron chi connectivity index (χ2n) is 8.19. The van der Waals surface area contributed by atoms with Gasteiger partial charge in [-0.2, -0.15) is 4.72 Å². The molecule has 2 aromatic rings. The Hall–Kier alpha value is -2.49. The monoisotopic (exact) mass is 463 g/mol. The van der Waals surface area contributed by atoms with Crippen LogP contribution in [0.3, 0.4) is 0 Å². The highest BCUT2D eigenvalue weighted by molar-refractivity contribution is 7.89. The molecular formula is C23H30FN3O4S. The van der Waals surface area contributed by atoms with Crippen molar-refractivity contribution >= 4 is 21.6 Å². The molecule has 1 aliphatic heterocycles. The minimum atomic E-state index is -4.20. The summed E-state index contributed by atoms with van der Waals surface area (Å²) in [5.74, 6) is -1.67. The van der Waals surface area contributed by atoms with Gasteiger partial charge in [-0.3, -0.25) is 4.79 Å². The smallest absolute Gasteiger partial charge is 0.244 e. The summed E-state index contributed by atoms with van der Waals surface area (Å²) in [5.41, 5.74) is 1.99. The van der Waals surface area contributed by atoms with Crippen LogP contribution in [0, 0.1) is 11.7 Å². The quantitative estimate of drug-likeness (QED) is 0.629. The van der Waals surface area contributed by atoms with Crippen LogP contribution in [-0.4, -0.2) is 46.7 Å². The second-order valence-corrected chi connectivity index (χ2v) is 9.88. The number of benzene rings is 2. The van der Waals surface area contributed by atoms with Crippen LogP contribution in [0.25, 0.3) is 0 Å². The Morgan fingerprint density at radius 1 is 1.03 bits per heavy atom. The molecule has 2 aromatic carbocycles. The van der Waals surface area contributed by atoms with Gasteiger partial charge in [0.15, 0.2) is 0 Å². The van der Waals surface area contributed by atoms with Crippen molar-refractivity contribution in [2.24, 2.45) is 5.92 Å². The van der Waals surface area contributed by atoms with Crippen LogP contribution in [0.2, 0.25) is 0 Å². The first-order valence-corrected chi connectivity index (χ1v) is 12.2. The van der Waals surface area contributed by atoms with Crippen molar-refractivity contribution < 1.29 is 22.3 Å². The van der Waals surface area contributed by atoms with Gasteiger partial charge in [0.05, 0.1) is 19.3 Å². The lowest BCUT2D eigenvalue weighted by Crippen LogP contribution is -2.50. The first-order chi connectivity index (χ1) is 15.2. The van der Waals surface area contributed by atoms with Crippen LogP contribution in [0.1, 0.15) is 32.4 Å². The Labute approximate surface area is 189 Å². The molecule has 7 nitrogen and oxygen atoms in total. The highest BCUT2D eigenvalue weighted by Crippen LogP contribution is 2.21. The standard InChI is InChI=1S/C23H30FN3O4S/c1-16(2)22(26-32(29,30)21-7-5-4-6-20(21)24)23(28)25-17(3)18-8-10-19(11-9-18)27-12-14-31-15-13-27/h4-11,16-17,22,26H,12-15H2,1-3H3,(H,25,28)/t17?,22-/m0/s1. The molecule has 1 aliphatic rings. The summed E-state index contributed by atoms with van der Waals surface area (Å²) in [5, 5.41) is 2.87. The zero-order valence-corrected chi connectivity index (χ0v) is 19.4. The summed E-state index contributed by atoms with van der Waals surface area (Å²) in [7, 11) is -4.20. The summed E-state index contributed by atoms with van der Waals surface area (Å²) in [4.78, 5) is 14.7. The summed E-state index contributed by atoms with van der Waals surface area (Å²) in [6.45, 7) is 8.38. The highest BCUT2D eigenvalue weighted by Gasteiger charge is 2.30. The molecule has 3 rings (SSSR count). The van der Waals surface area contributed by atoms with Crippen molar-refractivity contribution in [2.75, 3.05) is 31.2 Å². The third-order valence-corrected chi connectivity index (χ3v) is 6.96. The van der Waals surface area contributed by atoms with Crippen molar-refractivity contribution in [2.45, 2.75) is 37.8 Å². The number of nitrogens with one attached hydrogen (secondary N) is 2. The van der Waals surface area contributed by atoms with Gasteiger partial charge in [0.2, 0.25) is 15.9 Å². The van der Waals surface area contributed by atoms with Crippen molar-refractivity contribution in [1.82, 2.24) is 10.0 Å². The highest BCUT2D eigenvalue weighted by atomic mass is 32.2. The number of rotatable bonds is 8. The second kappa shape index (κ2) is 10.4. The number of hydrogen-bond donors (Lipinski definition) is 2. The molecule has 1 fully saturated rings. The van der Waals surface area contributed by atoms with E-state index in [-0.39, 0.29) is 12.0 Å². The SMILES string of the molecule is CC(NC(=O)[C@@H](NS(=O)(=O)c1ccccc1F)C(C)C)c1ccc(N2CCOCC2)cc1. The molecule has 2 N–H and O–H groups in total. The molecule has 0 aromatic heterocycles. The number of anilines is 1. The number of halogens is 1. The molecule has 1 heterocycles. The van der Waals surface area contributed by atoms with Gasteiger partial charge in [0.1, 0.15) is 16.8 Å². The summed E-state index contributed by atoms with van der Waals surface area (Å²) >= 11 is 0. The molecule has 1 amide bonds. The molecule has 1 saturated heterocycles. The topological polar surface area (TPSA) is 87.7 Å². The van der Waals surface area contributed by atoms with E-state index in [9.17, 15) is 17.6 Å². The molecule has 0 aliphatic carbocycles. The number of nitrogens with zero attached hydrogens (tertiary/aromatic N) is 1. The van der Waals surface area contributed by atoms with E-state index in [0.717, 1.165) is 30.4 Å². The van der Waals surface area contributed by atoms with Crippen LogP contribution < -0.4 is 14.9 Å². The molecule has 174 valence electrons. The molecule has 1 unspecified atom stereocenters. The fourth-order valence-electron chi connectivity index (χ4n) is 3.57. The Morgan fingerprint density at radius 3 is 2.25 bits per heavy atom. The van der Waals surface area contributed by atoms with Crippen molar-refractivity contribution in [3.05, 3.63) is 59.9 Å². The van der Waals surface area contributed by atoms with Crippen LogP contribution in [0.4, 0.5) is 10.1 Å². The Morgan fingerprint density at radius 2 is 1.66 bits per heavy atom. The molecule has 0 radical (unpaired) electrons. The lowest BCUT2D eigenvalue weighted by atomic mass is 10.0. The molecule has 32 heavy (non-hydrogen) atoms. The minimum Gasteiger partial charge on any atom is -0.378 e. The van der Waals surface area contributed by atoms with E-state index in [1.54, 1.807) is 13.8 Å².